The molecule has 0 radical (unpaired) electrons. The first-order chi connectivity index (χ1) is 23.1. The second kappa shape index (κ2) is 15.4. The Bertz CT molecular complexity index is 1720. The van der Waals surface area contributed by atoms with Crippen LogP contribution >= 0.6 is 0 Å². The van der Waals surface area contributed by atoms with Crippen LogP contribution in [0.25, 0.3) is 10.9 Å². The van der Waals surface area contributed by atoms with E-state index >= 15 is 0 Å². The zero-order valence-corrected chi connectivity index (χ0v) is 26.4. The number of methoxy groups -OCH3 is 1. The molecule has 4 N–H and O–H groups in total. The number of rotatable bonds is 12. The van der Waals surface area contributed by atoms with Gasteiger partial charge in [0.2, 0.25) is 5.91 Å². The van der Waals surface area contributed by atoms with Crippen molar-refractivity contribution in [1.29, 1.82) is 0 Å². The number of para-hydroxylation sites is 2. The minimum atomic E-state index is -0.941. The first-order valence-corrected chi connectivity index (χ1v) is 16.0. The average Bonchev–Trinajstić information content (AvgIpc) is 3.61. The number of aromatic nitrogens is 1. The lowest BCUT2D eigenvalue weighted by Crippen LogP contribution is -2.48. The molecule has 242 valence electrons. The van der Waals surface area contributed by atoms with Gasteiger partial charge >= 0.3 is 6.09 Å². The first-order valence-electron chi connectivity index (χ1n) is 16.0. The summed E-state index contributed by atoms with van der Waals surface area (Å²) < 4.78 is 17.5. The minimum Gasteiger partial charge on any atom is -0.489 e. The molecule has 1 fully saturated rings. The van der Waals surface area contributed by atoms with Crippen molar-refractivity contribution in [1.82, 2.24) is 15.6 Å². The molecular formula is C38H40N4O5. The lowest BCUT2D eigenvalue weighted by molar-refractivity contribution is -0.118. The maximum atomic E-state index is 14.1. The molecule has 0 spiro atoms. The van der Waals surface area contributed by atoms with Crippen LogP contribution in [-0.4, -0.2) is 62.0 Å². The molecule has 2 amide bonds. The van der Waals surface area contributed by atoms with Gasteiger partial charge in [-0.05, 0) is 47.7 Å². The Labute approximate surface area is 274 Å². The van der Waals surface area contributed by atoms with Gasteiger partial charge in [-0.15, -0.1) is 0 Å². The molecule has 0 aliphatic carbocycles. The normalized spacial score (nSPS) is 16.8. The number of hydrogen-bond acceptors (Lipinski definition) is 6. The molecule has 0 saturated carbocycles. The fourth-order valence-electron chi connectivity index (χ4n) is 6.17. The SMILES string of the molecule is COC(=O)N[C@H](C(=O)Nc1ccccc1CC[C@@H]1CNC[C@@H](COc2cccc3cc[nH]c23)O1)C(c1ccccc1)c1ccccc1. The smallest absolute Gasteiger partial charge is 0.407 e. The van der Waals surface area contributed by atoms with Crippen LogP contribution in [0.5, 0.6) is 5.75 Å². The second-order valence-electron chi connectivity index (χ2n) is 11.6. The third kappa shape index (κ3) is 8.00. The second-order valence-corrected chi connectivity index (χ2v) is 11.6. The summed E-state index contributed by atoms with van der Waals surface area (Å²) in [7, 11) is 1.29. The van der Waals surface area contributed by atoms with E-state index in [0.717, 1.165) is 46.3 Å². The number of morpholine rings is 1. The Balaban J connectivity index is 1.13. The number of alkyl carbamates (subject to hydrolysis) is 1. The maximum absolute atomic E-state index is 14.1. The van der Waals surface area contributed by atoms with E-state index in [0.29, 0.717) is 25.3 Å². The largest absolute Gasteiger partial charge is 0.489 e. The molecule has 9 nitrogen and oxygen atoms in total. The van der Waals surface area contributed by atoms with E-state index < -0.39 is 18.1 Å². The molecule has 3 atom stereocenters. The van der Waals surface area contributed by atoms with Crippen molar-refractivity contribution in [2.24, 2.45) is 0 Å². The number of nitrogens with one attached hydrogen (secondary N) is 4. The lowest BCUT2D eigenvalue weighted by atomic mass is 9.84. The summed E-state index contributed by atoms with van der Waals surface area (Å²) in [6.45, 7) is 1.88. The predicted molar refractivity (Wildman–Crippen MR) is 183 cm³/mol. The van der Waals surface area contributed by atoms with Crippen molar-refractivity contribution < 1.29 is 23.8 Å². The molecule has 47 heavy (non-hydrogen) atoms. The summed E-state index contributed by atoms with van der Waals surface area (Å²) in [5.41, 5.74) is 4.45. The molecule has 0 unspecified atom stereocenters. The predicted octanol–water partition coefficient (Wildman–Crippen LogP) is 6.03. The van der Waals surface area contributed by atoms with E-state index in [2.05, 4.69) is 20.9 Å². The summed E-state index contributed by atoms with van der Waals surface area (Å²) in [6, 6.07) is 34.2. The van der Waals surface area contributed by atoms with Crippen LogP contribution in [0, 0.1) is 0 Å². The van der Waals surface area contributed by atoms with Gasteiger partial charge in [0.25, 0.3) is 0 Å². The van der Waals surface area contributed by atoms with Gasteiger partial charge in [0.15, 0.2) is 0 Å². The Morgan fingerprint density at radius 1 is 0.851 bits per heavy atom. The summed E-state index contributed by atoms with van der Waals surface area (Å²) in [5, 5.41) is 10.5. The van der Waals surface area contributed by atoms with Gasteiger partial charge in [-0.1, -0.05) is 91.0 Å². The summed E-state index contributed by atoms with van der Waals surface area (Å²) in [6.07, 6.45) is 2.56. The van der Waals surface area contributed by atoms with Crippen molar-refractivity contribution in [3.8, 4) is 5.75 Å². The van der Waals surface area contributed by atoms with Crippen LogP contribution in [0.15, 0.2) is 115 Å². The third-order valence-electron chi connectivity index (χ3n) is 8.51. The number of carbonyl (C=O) groups is 2. The number of anilines is 1. The Morgan fingerprint density at radius 3 is 2.30 bits per heavy atom. The quantitative estimate of drug-likeness (QED) is 0.134. The number of aryl methyl sites for hydroxylation is 1. The van der Waals surface area contributed by atoms with Crippen LogP contribution in [0.3, 0.4) is 0 Å². The highest BCUT2D eigenvalue weighted by Crippen LogP contribution is 2.30. The fraction of sp³-hybridized carbons (Fsp3) is 0.263. The molecule has 1 saturated heterocycles. The van der Waals surface area contributed by atoms with E-state index in [-0.39, 0.29) is 18.1 Å². The molecule has 2 heterocycles. The number of benzene rings is 4. The van der Waals surface area contributed by atoms with Crippen LogP contribution in [0.1, 0.15) is 29.0 Å². The van der Waals surface area contributed by atoms with E-state index in [1.807, 2.05) is 115 Å². The van der Waals surface area contributed by atoms with Crippen molar-refractivity contribution in [2.75, 3.05) is 32.1 Å². The maximum Gasteiger partial charge on any atom is 0.407 e. The van der Waals surface area contributed by atoms with Gasteiger partial charge in [-0.3, -0.25) is 4.79 Å². The van der Waals surface area contributed by atoms with Gasteiger partial charge in [-0.2, -0.15) is 0 Å². The first kappa shape index (κ1) is 31.8. The highest BCUT2D eigenvalue weighted by atomic mass is 16.5. The molecule has 0 bridgehead atoms. The van der Waals surface area contributed by atoms with E-state index in [9.17, 15) is 9.59 Å². The monoisotopic (exact) mass is 632 g/mol. The summed E-state index contributed by atoms with van der Waals surface area (Å²) >= 11 is 0. The summed E-state index contributed by atoms with van der Waals surface area (Å²) in [5.74, 6) is 0.0172. The Kier molecular flexibility index (Phi) is 10.5. The average molecular weight is 633 g/mol. The van der Waals surface area contributed by atoms with Crippen molar-refractivity contribution >= 4 is 28.6 Å². The summed E-state index contributed by atoms with van der Waals surface area (Å²) in [4.78, 5) is 29.9. The molecule has 4 aromatic carbocycles. The molecule has 9 heteroatoms. The topological polar surface area (TPSA) is 114 Å². The molecule has 1 aliphatic rings. The molecular weight excluding hydrogens is 592 g/mol. The van der Waals surface area contributed by atoms with E-state index in [4.69, 9.17) is 14.2 Å². The number of hydrogen-bond donors (Lipinski definition) is 4. The van der Waals surface area contributed by atoms with Gasteiger partial charge in [0, 0.05) is 36.3 Å². The van der Waals surface area contributed by atoms with Gasteiger partial charge in [0.05, 0.1) is 18.7 Å². The van der Waals surface area contributed by atoms with Gasteiger partial charge in [0.1, 0.15) is 24.5 Å². The third-order valence-corrected chi connectivity index (χ3v) is 8.51. The van der Waals surface area contributed by atoms with Crippen LogP contribution in [-0.2, 0) is 20.7 Å². The molecule has 5 aromatic rings. The molecule has 1 aromatic heterocycles. The van der Waals surface area contributed by atoms with Gasteiger partial charge < -0.3 is 35.1 Å². The lowest BCUT2D eigenvalue weighted by Gasteiger charge is -2.31. The zero-order chi connectivity index (χ0) is 32.4. The number of H-pyrrole nitrogens is 1. The van der Waals surface area contributed by atoms with Crippen LogP contribution in [0.2, 0.25) is 0 Å². The standard InChI is InChI=1S/C38H40N4O5/c1-45-38(44)42-36(34(27-12-4-2-5-13-27)28-14-6-3-7-15-28)37(43)41-32-17-9-8-11-26(32)19-20-30-23-39-24-31(47-30)25-46-33-18-10-16-29-21-22-40-35(29)33/h2-18,21-22,30-31,34,36,39-40H,19-20,23-25H2,1H3,(H,41,43)(H,42,44)/t30-,31+,36+/m1/s1. The van der Waals surface area contributed by atoms with Crippen LogP contribution in [0.4, 0.5) is 10.5 Å². The van der Waals surface area contributed by atoms with E-state index in [1.54, 1.807) is 0 Å². The van der Waals surface area contributed by atoms with Crippen LogP contribution < -0.4 is 20.7 Å². The Morgan fingerprint density at radius 2 is 1.55 bits per heavy atom. The molecule has 6 rings (SSSR count). The number of amides is 2. The number of carbonyl (C=O) groups excluding carboxylic acids is 2. The van der Waals surface area contributed by atoms with E-state index in [1.165, 1.54) is 7.11 Å². The van der Waals surface area contributed by atoms with Crippen molar-refractivity contribution in [3.63, 3.8) is 0 Å². The molecule has 1 aliphatic heterocycles. The number of aromatic amines is 1. The minimum absolute atomic E-state index is 0.0170. The Hall–Kier alpha value is -5.12. The highest BCUT2D eigenvalue weighted by Gasteiger charge is 2.33. The van der Waals surface area contributed by atoms with Gasteiger partial charge in [-0.25, -0.2) is 4.79 Å². The highest BCUT2D eigenvalue weighted by molar-refractivity contribution is 5.98. The fourth-order valence-corrected chi connectivity index (χ4v) is 6.17. The number of ether oxygens (including phenoxy) is 3. The van der Waals surface area contributed by atoms with Crippen molar-refractivity contribution in [2.45, 2.75) is 37.0 Å². The zero-order valence-electron chi connectivity index (χ0n) is 26.4. The number of fused-ring (bicyclic) bond motifs is 1. The van der Waals surface area contributed by atoms with Crippen molar-refractivity contribution in [3.05, 3.63) is 132 Å².